The average molecular weight is 478 g/mol. The summed E-state index contributed by atoms with van der Waals surface area (Å²) in [5.41, 5.74) is 6.73. The highest BCUT2D eigenvalue weighted by molar-refractivity contribution is 5.83. The molecule has 2 aromatic rings. The Morgan fingerprint density at radius 1 is 0.914 bits per heavy atom. The zero-order valence-electron chi connectivity index (χ0n) is 20.7. The molecule has 1 saturated carbocycles. The molecule has 1 amide bonds. The Morgan fingerprint density at radius 2 is 1.60 bits per heavy atom. The molecule has 1 aliphatic carbocycles. The largest absolute Gasteiger partial charge is 0.481 e. The summed E-state index contributed by atoms with van der Waals surface area (Å²) in [7, 11) is 0. The molecule has 35 heavy (non-hydrogen) atoms. The van der Waals surface area contributed by atoms with Crippen molar-refractivity contribution in [2.75, 3.05) is 6.54 Å². The molecule has 4 rings (SSSR count). The molecule has 0 bridgehead atoms. The van der Waals surface area contributed by atoms with E-state index in [4.69, 9.17) is 9.84 Å². The fourth-order valence-corrected chi connectivity index (χ4v) is 5.48. The van der Waals surface area contributed by atoms with Gasteiger partial charge in [0, 0.05) is 32.4 Å². The molecule has 186 valence electrons. The lowest BCUT2D eigenvalue weighted by atomic mass is 9.85. The van der Waals surface area contributed by atoms with Crippen molar-refractivity contribution in [3.05, 3.63) is 69.8 Å². The molecule has 1 N–H and O–H groups in total. The zero-order chi connectivity index (χ0) is 24.9. The number of carboxylic acid groups (broad SMARTS) is 1. The molecule has 1 fully saturated rings. The minimum absolute atomic E-state index is 0.125. The number of rotatable bonds is 7. The molecule has 0 radical (unpaired) electrons. The van der Waals surface area contributed by atoms with E-state index in [-0.39, 0.29) is 30.3 Å². The fraction of sp³-hybridized carbons (Fsp3) is 0.483. The van der Waals surface area contributed by atoms with Crippen molar-refractivity contribution in [3.63, 3.8) is 0 Å². The molecule has 0 spiro atoms. The predicted molar refractivity (Wildman–Crippen MR) is 133 cm³/mol. The topological polar surface area (TPSA) is 83.9 Å². The summed E-state index contributed by atoms with van der Waals surface area (Å²) >= 11 is 0. The Labute approximate surface area is 207 Å². The van der Waals surface area contributed by atoms with Gasteiger partial charge in [-0.15, -0.1) is 0 Å². The van der Waals surface area contributed by atoms with E-state index in [9.17, 15) is 14.4 Å². The summed E-state index contributed by atoms with van der Waals surface area (Å²) in [6.07, 6.45) is 4.42. The number of ether oxygens (including phenoxy) is 1. The summed E-state index contributed by atoms with van der Waals surface area (Å²) in [5.74, 6) is -0.369. The summed E-state index contributed by atoms with van der Waals surface area (Å²) in [4.78, 5) is 38.1. The molecule has 1 aliphatic heterocycles. The number of nitrogens with zero attached hydrogens (tertiary/aromatic N) is 1. The second kappa shape index (κ2) is 11.1. The number of carboxylic acids is 1. The van der Waals surface area contributed by atoms with Crippen molar-refractivity contribution in [2.45, 2.75) is 77.9 Å². The number of carbonyl (C=O) groups excluding carboxylic acids is 2. The first kappa shape index (κ1) is 25.0. The number of aliphatic carboxylic acids is 1. The Balaban J connectivity index is 1.28. The lowest BCUT2D eigenvalue weighted by Gasteiger charge is -2.32. The van der Waals surface area contributed by atoms with Gasteiger partial charge < -0.3 is 14.7 Å². The first-order chi connectivity index (χ1) is 16.7. The number of hydrogen-bond donors (Lipinski definition) is 1. The van der Waals surface area contributed by atoms with Crippen LogP contribution in [0.3, 0.4) is 0 Å². The molecule has 6 nitrogen and oxygen atoms in total. The van der Waals surface area contributed by atoms with Crippen LogP contribution in [0.25, 0.3) is 0 Å². The maximum Gasteiger partial charge on any atom is 0.410 e. The van der Waals surface area contributed by atoms with Crippen molar-refractivity contribution in [3.8, 4) is 0 Å². The van der Waals surface area contributed by atoms with Gasteiger partial charge in [-0.1, -0.05) is 47.5 Å². The molecular weight excluding hydrogens is 442 g/mol. The Kier molecular flexibility index (Phi) is 7.89. The number of amides is 1. The number of Topliss-reactive ketones (excluding diaryl/α,β-unsaturated/α-hetero) is 1. The van der Waals surface area contributed by atoms with Crippen LogP contribution in [0, 0.1) is 19.8 Å². The molecule has 1 heterocycles. The Bertz CT molecular complexity index is 1080. The van der Waals surface area contributed by atoms with Crippen LogP contribution in [0.5, 0.6) is 0 Å². The summed E-state index contributed by atoms with van der Waals surface area (Å²) < 4.78 is 5.74. The maximum absolute atomic E-state index is 12.7. The summed E-state index contributed by atoms with van der Waals surface area (Å²) in [5, 5.41) is 8.96. The quantitative estimate of drug-likeness (QED) is 0.594. The fourth-order valence-electron chi connectivity index (χ4n) is 5.48. The SMILES string of the molecule is Cc1cc(C)cc(CC(=O)Cc2ccc3c(c2)CCN(C(=O)OC2CCC(CC(=O)O)CC2)C3)c1. The molecule has 2 aliphatic rings. The maximum atomic E-state index is 12.7. The van der Waals surface area contributed by atoms with Crippen LogP contribution < -0.4 is 0 Å². The first-order valence-corrected chi connectivity index (χ1v) is 12.6. The molecule has 0 saturated heterocycles. The van der Waals surface area contributed by atoms with Gasteiger partial charge in [-0.2, -0.15) is 0 Å². The third kappa shape index (κ3) is 6.93. The molecule has 0 unspecified atom stereocenters. The highest BCUT2D eigenvalue weighted by Gasteiger charge is 2.28. The summed E-state index contributed by atoms with van der Waals surface area (Å²) in [6.45, 7) is 5.21. The standard InChI is InChI=1S/C29H35NO5/c1-19-11-20(2)13-23(12-19)16-26(31)15-22-3-6-25-18-30(10-9-24(25)14-22)29(34)35-27-7-4-21(5-8-27)17-28(32)33/h3,6,11-14,21,27H,4-5,7-10,15-18H2,1-2H3,(H,32,33). The van der Waals surface area contributed by atoms with Crippen LogP contribution in [0.1, 0.15) is 65.5 Å². The molecule has 2 aromatic carbocycles. The van der Waals surface area contributed by atoms with E-state index in [1.807, 2.05) is 12.1 Å². The van der Waals surface area contributed by atoms with E-state index in [0.717, 1.165) is 48.8 Å². The molecular formula is C29H35NO5. The van der Waals surface area contributed by atoms with E-state index < -0.39 is 5.97 Å². The van der Waals surface area contributed by atoms with Crippen molar-refractivity contribution in [1.29, 1.82) is 0 Å². The minimum Gasteiger partial charge on any atom is -0.481 e. The van der Waals surface area contributed by atoms with Gasteiger partial charge in [-0.05, 0) is 74.1 Å². The number of fused-ring (bicyclic) bond motifs is 1. The molecule has 0 atom stereocenters. The van der Waals surface area contributed by atoms with E-state index in [1.165, 1.54) is 16.7 Å². The van der Waals surface area contributed by atoms with Gasteiger partial charge in [0.2, 0.25) is 0 Å². The van der Waals surface area contributed by atoms with E-state index in [1.54, 1.807) is 4.90 Å². The number of benzene rings is 2. The molecule has 6 heteroatoms. The van der Waals surface area contributed by atoms with E-state index >= 15 is 0 Å². The Morgan fingerprint density at radius 3 is 2.29 bits per heavy atom. The van der Waals surface area contributed by atoms with Gasteiger partial charge in [-0.25, -0.2) is 4.79 Å². The average Bonchev–Trinajstić information content (AvgIpc) is 2.79. The van der Waals surface area contributed by atoms with Gasteiger partial charge >= 0.3 is 12.1 Å². The van der Waals surface area contributed by atoms with Crippen LogP contribution in [-0.2, 0) is 40.1 Å². The van der Waals surface area contributed by atoms with E-state index in [0.29, 0.717) is 25.9 Å². The third-order valence-corrected chi connectivity index (χ3v) is 7.15. The lowest BCUT2D eigenvalue weighted by molar-refractivity contribution is -0.138. The van der Waals surface area contributed by atoms with Gasteiger partial charge in [0.1, 0.15) is 11.9 Å². The smallest absolute Gasteiger partial charge is 0.410 e. The second-order valence-electron chi connectivity index (χ2n) is 10.3. The number of hydrogen-bond acceptors (Lipinski definition) is 4. The van der Waals surface area contributed by atoms with Gasteiger partial charge in [0.15, 0.2) is 0 Å². The van der Waals surface area contributed by atoms with Gasteiger partial charge in [0.25, 0.3) is 0 Å². The monoisotopic (exact) mass is 477 g/mol. The highest BCUT2D eigenvalue weighted by Crippen LogP contribution is 2.29. The normalized spacial score (nSPS) is 19.7. The van der Waals surface area contributed by atoms with Crippen LogP contribution >= 0.6 is 0 Å². The zero-order valence-corrected chi connectivity index (χ0v) is 20.7. The third-order valence-electron chi connectivity index (χ3n) is 7.15. The van der Waals surface area contributed by atoms with Crippen molar-refractivity contribution in [1.82, 2.24) is 4.90 Å². The minimum atomic E-state index is -0.758. The van der Waals surface area contributed by atoms with Crippen LogP contribution in [-0.4, -0.2) is 40.5 Å². The van der Waals surface area contributed by atoms with Crippen molar-refractivity contribution >= 4 is 17.8 Å². The van der Waals surface area contributed by atoms with Crippen LogP contribution in [0.2, 0.25) is 0 Å². The van der Waals surface area contributed by atoms with Crippen LogP contribution in [0.4, 0.5) is 4.79 Å². The van der Waals surface area contributed by atoms with E-state index in [2.05, 4.69) is 38.1 Å². The first-order valence-electron chi connectivity index (χ1n) is 12.6. The predicted octanol–water partition coefficient (Wildman–Crippen LogP) is 5.19. The second-order valence-corrected chi connectivity index (χ2v) is 10.3. The lowest BCUT2D eigenvalue weighted by Crippen LogP contribution is -2.39. The van der Waals surface area contributed by atoms with Gasteiger partial charge in [0.05, 0.1) is 0 Å². The van der Waals surface area contributed by atoms with Crippen LogP contribution in [0.15, 0.2) is 36.4 Å². The number of carbonyl (C=O) groups is 3. The highest BCUT2D eigenvalue weighted by atomic mass is 16.6. The van der Waals surface area contributed by atoms with Crippen molar-refractivity contribution < 1.29 is 24.2 Å². The molecule has 0 aromatic heterocycles. The van der Waals surface area contributed by atoms with Crippen molar-refractivity contribution in [2.24, 2.45) is 5.92 Å². The Hall–Kier alpha value is -3.15. The number of ketones is 1. The summed E-state index contributed by atoms with van der Waals surface area (Å²) in [6, 6.07) is 12.4. The number of aryl methyl sites for hydroxylation is 2. The van der Waals surface area contributed by atoms with Gasteiger partial charge in [-0.3, -0.25) is 9.59 Å².